The second kappa shape index (κ2) is 8.66. The van der Waals surface area contributed by atoms with Crippen molar-refractivity contribution < 1.29 is 9.90 Å². The Morgan fingerprint density at radius 3 is 2.07 bits per heavy atom. The second-order valence-corrected chi connectivity index (χ2v) is 8.29. The minimum Gasteiger partial charge on any atom is -0.494 e. The van der Waals surface area contributed by atoms with Gasteiger partial charge in [0.1, 0.15) is 0 Å². The summed E-state index contributed by atoms with van der Waals surface area (Å²) in [5, 5.41) is 12.4. The Kier molecular flexibility index (Phi) is 5.98. The minimum absolute atomic E-state index is 0.0750. The van der Waals surface area contributed by atoms with Gasteiger partial charge in [-0.25, -0.2) is 4.99 Å². The zero-order valence-electron chi connectivity index (χ0n) is 16.7. The largest absolute Gasteiger partial charge is 0.494 e. The molecule has 2 aromatic carbocycles. The third-order valence-corrected chi connectivity index (χ3v) is 5.87. The molecule has 0 spiro atoms. The standard InChI is InChI=1S/C24H22Cl2N2O2/c1-2-3-4-5-14-28-22(16-8-12-18(26)13-9-16)20-19(24(28)30)21(27-23(20)29)15-6-10-17(25)11-7-15/h6-13,30H,2-5,14H2,1H3. The number of amides is 1. The Balaban J connectivity index is 1.85. The van der Waals surface area contributed by atoms with Crippen LogP contribution in [0.25, 0.3) is 11.3 Å². The van der Waals surface area contributed by atoms with Gasteiger partial charge in [0.15, 0.2) is 0 Å². The van der Waals surface area contributed by atoms with E-state index in [9.17, 15) is 9.90 Å². The number of fused-ring (bicyclic) bond motifs is 1. The van der Waals surface area contributed by atoms with Gasteiger partial charge in [0.05, 0.1) is 22.5 Å². The molecule has 0 saturated carbocycles. The molecule has 6 heteroatoms. The van der Waals surface area contributed by atoms with Crippen molar-refractivity contribution in [1.82, 2.24) is 4.57 Å². The number of aliphatic imine (C=N–C) groups is 1. The molecule has 0 saturated heterocycles. The van der Waals surface area contributed by atoms with E-state index in [0.717, 1.165) is 36.8 Å². The molecular formula is C24H22Cl2N2O2. The first-order valence-electron chi connectivity index (χ1n) is 10.1. The maximum atomic E-state index is 13.0. The summed E-state index contributed by atoms with van der Waals surface area (Å²) in [7, 11) is 0. The third-order valence-electron chi connectivity index (χ3n) is 5.37. The van der Waals surface area contributed by atoms with Crippen molar-refractivity contribution in [3.05, 3.63) is 75.3 Å². The molecule has 4 nitrogen and oxygen atoms in total. The minimum atomic E-state index is -0.345. The van der Waals surface area contributed by atoms with Crippen molar-refractivity contribution in [3.63, 3.8) is 0 Å². The van der Waals surface area contributed by atoms with Gasteiger partial charge in [-0.15, -0.1) is 0 Å². The van der Waals surface area contributed by atoms with Crippen LogP contribution in [0.5, 0.6) is 5.88 Å². The molecule has 0 fully saturated rings. The normalized spacial score (nSPS) is 12.9. The molecule has 0 unspecified atom stereocenters. The van der Waals surface area contributed by atoms with Crippen LogP contribution in [-0.4, -0.2) is 21.3 Å². The summed E-state index contributed by atoms with van der Waals surface area (Å²) in [5.41, 5.74) is 3.66. The van der Waals surface area contributed by atoms with Gasteiger partial charge in [-0.05, 0) is 36.2 Å². The van der Waals surface area contributed by atoms with Crippen LogP contribution in [0.2, 0.25) is 10.0 Å². The predicted molar refractivity (Wildman–Crippen MR) is 122 cm³/mol. The number of nitrogens with zero attached hydrogens (tertiary/aromatic N) is 2. The Bertz CT molecular complexity index is 1110. The molecule has 0 aliphatic carbocycles. The zero-order valence-corrected chi connectivity index (χ0v) is 18.2. The van der Waals surface area contributed by atoms with E-state index in [-0.39, 0.29) is 11.8 Å². The zero-order chi connectivity index (χ0) is 21.3. The highest BCUT2D eigenvalue weighted by Crippen LogP contribution is 2.41. The lowest BCUT2D eigenvalue weighted by atomic mass is 10.0. The molecule has 154 valence electrons. The number of benzene rings is 2. The smallest absolute Gasteiger partial charge is 0.280 e. The molecule has 1 aliphatic rings. The molecule has 30 heavy (non-hydrogen) atoms. The van der Waals surface area contributed by atoms with Gasteiger partial charge in [0.2, 0.25) is 5.88 Å². The fourth-order valence-electron chi connectivity index (χ4n) is 3.89. The molecule has 2 heterocycles. The Labute approximate surface area is 185 Å². The van der Waals surface area contributed by atoms with Gasteiger partial charge in [-0.2, -0.15) is 0 Å². The number of carbonyl (C=O) groups excluding carboxylic acids is 1. The number of unbranched alkanes of at least 4 members (excludes halogenated alkanes) is 3. The lowest BCUT2D eigenvalue weighted by Gasteiger charge is -2.12. The monoisotopic (exact) mass is 440 g/mol. The van der Waals surface area contributed by atoms with Crippen molar-refractivity contribution in [3.8, 4) is 17.1 Å². The van der Waals surface area contributed by atoms with Crippen molar-refractivity contribution in [2.45, 2.75) is 39.2 Å². The van der Waals surface area contributed by atoms with Crippen molar-refractivity contribution >= 4 is 34.8 Å². The fraction of sp³-hybridized carbons (Fsp3) is 0.250. The average molecular weight is 441 g/mol. The van der Waals surface area contributed by atoms with Crippen LogP contribution in [0, 0.1) is 0 Å². The number of hydrogen-bond donors (Lipinski definition) is 1. The molecular weight excluding hydrogens is 419 g/mol. The predicted octanol–water partition coefficient (Wildman–Crippen LogP) is 6.74. The SMILES string of the molecule is CCCCCCn1c(O)c2c(c1-c1ccc(Cl)cc1)C(=O)N=C2c1ccc(Cl)cc1. The van der Waals surface area contributed by atoms with E-state index < -0.39 is 0 Å². The van der Waals surface area contributed by atoms with E-state index in [0.29, 0.717) is 39.1 Å². The molecule has 1 aromatic heterocycles. The number of hydrogen-bond acceptors (Lipinski definition) is 2. The highest BCUT2D eigenvalue weighted by molar-refractivity contribution is 6.32. The highest BCUT2D eigenvalue weighted by Gasteiger charge is 2.36. The van der Waals surface area contributed by atoms with Crippen LogP contribution in [0.3, 0.4) is 0 Å². The van der Waals surface area contributed by atoms with Crippen molar-refractivity contribution in [2.24, 2.45) is 4.99 Å². The summed E-state index contributed by atoms with van der Waals surface area (Å²) in [6.45, 7) is 2.78. The van der Waals surface area contributed by atoms with E-state index in [2.05, 4.69) is 11.9 Å². The van der Waals surface area contributed by atoms with Gasteiger partial charge < -0.3 is 9.67 Å². The van der Waals surface area contributed by atoms with E-state index >= 15 is 0 Å². The molecule has 4 rings (SSSR count). The lowest BCUT2D eigenvalue weighted by molar-refractivity contribution is 0.101. The summed E-state index contributed by atoms with van der Waals surface area (Å²) in [4.78, 5) is 17.2. The first-order chi connectivity index (χ1) is 14.5. The van der Waals surface area contributed by atoms with E-state index in [1.807, 2.05) is 28.8 Å². The molecule has 1 aliphatic heterocycles. The van der Waals surface area contributed by atoms with Crippen molar-refractivity contribution in [1.29, 1.82) is 0 Å². The molecule has 0 radical (unpaired) electrons. The second-order valence-electron chi connectivity index (χ2n) is 7.41. The van der Waals surface area contributed by atoms with E-state index in [4.69, 9.17) is 23.2 Å². The summed E-state index contributed by atoms with van der Waals surface area (Å²) in [6.07, 6.45) is 4.24. The number of halogens is 2. The molecule has 0 bridgehead atoms. The van der Waals surface area contributed by atoms with Gasteiger partial charge >= 0.3 is 0 Å². The summed E-state index contributed by atoms with van der Waals surface area (Å²) >= 11 is 12.1. The first-order valence-corrected chi connectivity index (χ1v) is 10.9. The van der Waals surface area contributed by atoms with Gasteiger partial charge in [-0.3, -0.25) is 4.79 Å². The molecule has 1 N–H and O–H groups in total. The van der Waals surface area contributed by atoms with Gasteiger partial charge in [0, 0.05) is 22.2 Å². The Morgan fingerprint density at radius 1 is 0.867 bits per heavy atom. The highest BCUT2D eigenvalue weighted by atomic mass is 35.5. The first kappa shape index (κ1) is 20.7. The number of aromatic hydroxyl groups is 1. The Morgan fingerprint density at radius 2 is 1.47 bits per heavy atom. The third kappa shape index (κ3) is 3.78. The summed E-state index contributed by atoms with van der Waals surface area (Å²) < 4.78 is 1.84. The number of rotatable bonds is 7. The fourth-order valence-corrected chi connectivity index (χ4v) is 4.14. The lowest BCUT2D eigenvalue weighted by Crippen LogP contribution is -2.04. The molecule has 3 aromatic rings. The number of carbonyl (C=O) groups is 1. The maximum Gasteiger partial charge on any atom is 0.280 e. The molecule has 1 amide bonds. The van der Waals surface area contributed by atoms with Crippen LogP contribution >= 0.6 is 23.2 Å². The van der Waals surface area contributed by atoms with E-state index in [1.54, 1.807) is 24.3 Å². The van der Waals surface area contributed by atoms with Crippen LogP contribution in [0.4, 0.5) is 0 Å². The average Bonchev–Trinajstić information content (AvgIpc) is 3.22. The van der Waals surface area contributed by atoms with Gasteiger partial charge in [0.25, 0.3) is 5.91 Å². The van der Waals surface area contributed by atoms with Crippen LogP contribution in [0.15, 0.2) is 53.5 Å². The van der Waals surface area contributed by atoms with Crippen LogP contribution in [-0.2, 0) is 6.54 Å². The topological polar surface area (TPSA) is 54.6 Å². The Hall–Kier alpha value is -2.56. The van der Waals surface area contributed by atoms with Gasteiger partial charge in [-0.1, -0.05) is 73.7 Å². The number of aromatic nitrogens is 1. The van der Waals surface area contributed by atoms with Crippen LogP contribution < -0.4 is 0 Å². The maximum absolute atomic E-state index is 13.0. The quantitative estimate of drug-likeness (QED) is 0.413. The summed E-state index contributed by atoms with van der Waals surface area (Å²) in [6, 6.07) is 14.4. The van der Waals surface area contributed by atoms with E-state index in [1.165, 1.54) is 0 Å². The summed E-state index contributed by atoms with van der Waals surface area (Å²) in [5.74, 6) is -0.270. The molecule has 0 atom stereocenters. The van der Waals surface area contributed by atoms with Crippen LogP contribution in [0.1, 0.15) is 54.1 Å². The van der Waals surface area contributed by atoms with Crippen molar-refractivity contribution in [2.75, 3.05) is 0 Å².